The van der Waals surface area contributed by atoms with Crippen LogP contribution in [0.3, 0.4) is 0 Å². The number of nitrogens with zero attached hydrogens (tertiary/aromatic N) is 2. The first kappa shape index (κ1) is 18.2. The highest BCUT2D eigenvalue weighted by atomic mass is 35.5. The maximum atomic E-state index is 11.8. The van der Waals surface area contributed by atoms with E-state index in [4.69, 9.17) is 21.1 Å². The fourth-order valence-electron chi connectivity index (χ4n) is 2.51. The Kier molecular flexibility index (Phi) is 6.46. The van der Waals surface area contributed by atoms with Crippen molar-refractivity contribution in [1.82, 2.24) is 5.43 Å². The fraction of sp³-hybridized carbons (Fsp3) is 0.263. The van der Waals surface area contributed by atoms with Crippen LogP contribution in [0.2, 0.25) is 5.02 Å². The van der Waals surface area contributed by atoms with Gasteiger partial charge >= 0.3 is 0 Å². The Morgan fingerprint density at radius 2 is 2.00 bits per heavy atom. The lowest BCUT2D eigenvalue weighted by molar-refractivity contribution is -0.123. The molecule has 1 aliphatic rings. The van der Waals surface area contributed by atoms with Gasteiger partial charge in [-0.1, -0.05) is 29.8 Å². The molecule has 26 heavy (non-hydrogen) atoms. The van der Waals surface area contributed by atoms with Gasteiger partial charge in [-0.05, 0) is 35.9 Å². The highest BCUT2D eigenvalue weighted by Gasteiger charge is 2.10. The highest BCUT2D eigenvalue weighted by Crippen LogP contribution is 2.17. The lowest BCUT2D eigenvalue weighted by Gasteiger charge is -2.28. The first-order valence-electron chi connectivity index (χ1n) is 8.34. The third-order valence-electron chi connectivity index (χ3n) is 3.84. The third kappa shape index (κ3) is 5.47. The molecular formula is C19H20ClN3O3. The van der Waals surface area contributed by atoms with Crippen LogP contribution in [0.4, 0.5) is 5.69 Å². The Labute approximate surface area is 157 Å². The number of morpholine rings is 1. The molecule has 0 atom stereocenters. The monoisotopic (exact) mass is 373 g/mol. The summed E-state index contributed by atoms with van der Waals surface area (Å²) in [4.78, 5) is 14.0. The number of hydrogen-bond donors (Lipinski definition) is 1. The van der Waals surface area contributed by atoms with Gasteiger partial charge < -0.3 is 14.4 Å². The zero-order valence-corrected chi connectivity index (χ0v) is 15.0. The molecule has 1 amide bonds. The number of ether oxygens (including phenoxy) is 2. The van der Waals surface area contributed by atoms with E-state index in [1.54, 1.807) is 30.5 Å². The minimum absolute atomic E-state index is 0.131. The molecule has 0 aliphatic carbocycles. The Bertz CT molecular complexity index is 759. The Morgan fingerprint density at radius 1 is 1.23 bits per heavy atom. The standard InChI is InChI=1S/C19H20ClN3O3/c20-16-2-1-3-18(12-16)26-14-19(24)22-21-13-15-4-6-17(7-5-15)23-8-10-25-11-9-23/h1-7,12-13H,8-11,14H2,(H,22,24)/b21-13+. The van der Waals surface area contributed by atoms with Crippen molar-refractivity contribution in [3.63, 3.8) is 0 Å². The maximum Gasteiger partial charge on any atom is 0.277 e. The molecule has 136 valence electrons. The number of rotatable bonds is 6. The van der Waals surface area contributed by atoms with Gasteiger partial charge in [0.15, 0.2) is 6.61 Å². The smallest absolute Gasteiger partial charge is 0.277 e. The van der Waals surface area contributed by atoms with E-state index in [9.17, 15) is 4.79 Å². The molecule has 7 heteroatoms. The van der Waals surface area contributed by atoms with Crippen molar-refractivity contribution in [2.24, 2.45) is 5.10 Å². The second-order valence-corrected chi connectivity index (χ2v) is 6.17. The minimum atomic E-state index is -0.342. The van der Waals surface area contributed by atoms with E-state index >= 15 is 0 Å². The van der Waals surface area contributed by atoms with Crippen LogP contribution in [0.5, 0.6) is 5.75 Å². The van der Waals surface area contributed by atoms with E-state index < -0.39 is 0 Å². The number of carbonyl (C=O) groups is 1. The SMILES string of the molecule is O=C(COc1cccc(Cl)c1)N/N=C/c1ccc(N2CCOCC2)cc1. The van der Waals surface area contributed by atoms with E-state index in [0.717, 1.165) is 37.6 Å². The van der Waals surface area contributed by atoms with Gasteiger partial charge in [0.05, 0.1) is 19.4 Å². The van der Waals surface area contributed by atoms with Crippen molar-refractivity contribution in [1.29, 1.82) is 0 Å². The number of anilines is 1. The van der Waals surface area contributed by atoms with Crippen LogP contribution in [-0.4, -0.2) is 45.0 Å². The predicted molar refractivity (Wildman–Crippen MR) is 102 cm³/mol. The summed E-state index contributed by atoms with van der Waals surface area (Å²) in [5, 5.41) is 4.51. The summed E-state index contributed by atoms with van der Waals surface area (Å²) in [5.41, 5.74) is 4.50. The summed E-state index contributed by atoms with van der Waals surface area (Å²) in [5.74, 6) is 0.196. The molecule has 0 saturated carbocycles. The van der Waals surface area contributed by atoms with Crippen LogP contribution in [-0.2, 0) is 9.53 Å². The van der Waals surface area contributed by atoms with E-state index in [2.05, 4.69) is 15.4 Å². The molecule has 3 rings (SSSR count). The Morgan fingerprint density at radius 3 is 2.73 bits per heavy atom. The number of benzene rings is 2. The summed E-state index contributed by atoms with van der Waals surface area (Å²) in [6, 6.07) is 14.9. The molecule has 1 heterocycles. The molecule has 1 fully saturated rings. The van der Waals surface area contributed by atoms with Gasteiger partial charge in [0.2, 0.25) is 0 Å². The lowest BCUT2D eigenvalue weighted by atomic mass is 10.2. The normalized spacial score (nSPS) is 14.4. The third-order valence-corrected chi connectivity index (χ3v) is 4.07. The van der Waals surface area contributed by atoms with E-state index in [1.807, 2.05) is 24.3 Å². The van der Waals surface area contributed by atoms with Crippen molar-refractivity contribution < 1.29 is 14.3 Å². The van der Waals surface area contributed by atoms with Gasteiger partial charge in [0.25, 0.3) is 5.91 Å². The summed E-state index contributed by atoms with van der Waals surface area (Å²) in [6.45, 7) is 3.18. The van der Waals surface area contributed by atoms with E-state index in [-0.39, 0.29) is 12.5 Å². The fourth-order valence-corrected chi connectivity index (χ4v) is 2.69. The van der Waals surface area contributed by atoms with Crippen LogP contribution in [0.25, 0.3) is 0 Å². The van der Waals surface area contributed by atoms with Gasteiger partial charge in [0.1, 0.15) is 5.75 Å². The molecule has 1 saturated heterocycles. The van der Waals surface area contributed by atoms with Gasteiger partial charge in [-0.2, -0.15) is 5.10 Å². The highest BCUT2D eigenvalue weighted by molar-refractivity contribution is 6.30. The first-order chi connectivity index (χ1) is 12.7. The van der Waals surface area contributed by atoms with Crippen molar-refractivity contribution >= 4 is 29.4 Å². The molecule has 0 spiro atoms. The van der Waals surface area contributed by atoms with Gasteiger partial charge in [-0.25, -0.2) is 5.43 Å². The second-order valence-electron chi connectivity index (χ2n) is 5.73. The molecule has 1 aliphatic heterocycles. The molecule has 2 aromatic rings. The number of nitrogens with one attached hydrogen (secondary N) is 1. The average Bonchev–Trinajstić information content (AvgIpc) is 2.68. The quantitative estimate of drug-likeness (QED) is 0.624. The zero-order chi connectivity index (χ0) is 18.2. The number of hydrogen-bond acceptors (Lipinski definition) is 5. The number of hydrazone groups is 1. The molecule has 0 aromatic heterocycles. The molecule has 1 N–H and O–H groups in total. The van der Waals surface area contributed by atoms with Crippen molar-refractivity contribution in [3.05, 3.63) is 59.1 Å². The summed E-state index contributed by atoms with van der Waals surface area (Å²) in [6.07, 6.45) is 1.60. The van der Waals surface area contributed by atoms with Gasteiger partial charge in [-0.3, -0.25) is 4.79 Å². The number of carbonyl (C=O) groups excluding carboxylic acids is 1. The average molecular weight is 374 g/mol. The van der Waals surface area contributed by atoms with Crippen LogP contribution in [0.1, 0.15) is 5.56 Å². The van der Waals surface area contributed by atoms with Gasteiger partial charge in [0, 0.05) is 23.8 Å². The molecule has 0 bridgehead atoms. The lowest BCUT2D eigenvalue weighted by Crippen LogP contribution is -2.36. The predicted octanol–water partition coefficient (Wildman–Crippen LogP) is 2.71. The first-order valence-corrected chi connectivity index (χ1v) is 8.71. The zero-order valence-electron chi connectivity index (χ0n) is 14.2. The van der Waals surface area contributed by atoms with E-state index in [0.29, 0.717) is 10.8 Å². The van der Waals surface area contributed by atoms with Crippen LogP contribution in [0.15, 0.2) is 53.6 Å². The largest absolute Gasteiger partial charge is 0.484 e. The molecular weight excluding hydrogens is 354 g/mol. The van der Waals surface area contributed by atoms with Gasteiger partial charge in [-0.15, -0.1) is 0 Å². The maximum absolute atomic E-state index is 11.8. The van der Waals surface area contributed by atoms with Crippen molar-refractivity contribution in [3.8, 4) is 5.75 Å². The molecule has 0 unspecified atom stereocenters. The number of amides is 1. The summed E-state index contributed by atoms with van der Waals surface area (Å²) < 4.78 is 10.7. The van der Waals surface area contributed by atoms with Crippen LogP contribution >= 0.6 is 11.6 Å². The Hall–Kier alpha value is -2.57. The topological polar surface area (TPSA) is 63.2 Å². The summed E-state index contributed by atoms with van der Waals surface area (Å²) in [7, 11) is 0. The van der Waals surface area contributed by atoms with Crippen molar-refractivity contribution in [2.45, 2.75) is 0 Å². The minimum Gasteiger partial charge on any atom is -0.484 e. The Balaban J connectivity index is 1.44. The second kappa shape index (κ2) is 9.22. The van der Waals surface area contributed by atoms with E-state index in [1.165, 1.54) is 0 Å². The van der Waals surface area contributed by atoms with Crippen molar-refractivity contribution in [2.75, 3.05) is 37.8 Å². The molecule has 2 aromatic carbocycles. The molecule has 0 radical (unpaired) electrons. The van der Waals surface area contributed by atoms with Crippen LogP contribution < -0.4 is 15.1 Å². The number of halogens is 1. The summed E-state index contributed by atoms with van der Waals surface area (Å²) >= 11 is 5.86. The molecule has 6 nitrogen and oxygen atoms in total. The van der Waals surface area contributed by atoms with Crippen LogP contribution in [0, 0.1) is 0 Å².